The van der Waals surface area contributed by atoms with Crippen LogP contribution in [-0.2, 0) is 0 Å². The third-order valence-corrected chi connectivity index (χ3v) is 7.75. The number of hydrogen-bond donors (Lipinski definition) is 0. The maximum Gasteiger partial charge on any atom is 0.119 e. The van der Waals surface area contributed by atoms with E-state index in [-0.39, 0.29) is 0 Å². The topological polar surface area (TPSA) is 9.23 Å². The van der Waals surface area contributed by atoms with Crippen LogP contribution in [0.15, 0.2) is 36.7 Å². The molecular weight excluding hydrogens is 371 g/mol. The number of rotatable bonds is 11. The summed E-state index contributed by atoms with van der Waals surface area (Å²) >= 11 is 0. The first-order chi connectivity index (χ1) is 14.8. The number of ether oxygens (including phenoxy) is 1. The molecule has 2 aliphatic carbocycles. The van der Waals surface area contributed by atoms with Gasteiger partial charge in [0, 0.05) is 0 Å². The van der Waals surface area contributed by atoms with Crippen LogP contribution in [0, 0.1) is 17.8 Å². The van der Waals surface area contributed by atoms with Gasteiger partial charge < -0.3 is 4.74 Å². The Hall–Kier alpha value is -1.31. The first kappa shape index (κ1) is 23.4. The lowest BCUT2D eigenvalue weighted by Gasteiger charge is -2.32. The highest BCUT2D eigenvalue weighted by Crippen LogP contribution is 2.40. The Bertz CT molecular complexity index is 592. The van der Waals surface area contributed by atoms with Crippen molar-refractivity contribution in [1.29, 1.82) is 0 Å². The van der Waals surface area contributed by atoms with E-state index < -0.39 is 0 Å². The molecule has 0 spiro atoms. The predicted molar refractivity (Wildman–Crippen MR) is 126 cm³/mol. The Balaban J connectivity index is 1.30. The maximum absolute atomic E-state index is 12.1. The van der Waals surface area contributed by atoms with Gasteiger partial charge in [-0.1, -0.05) is 70.1 Å². The van der Waals surface area contributed by atoms with Gasteiger partial charge in [0.1, 0.15) is 5.75 Å². The van der Waals surface area contributed by atoms with Crippen molar-refractivity contribution in [3.05, 3.63) is 42.2 Å². The minimum Gasteiger partial charge on any atom is -0.494 e. The van der Waals surface area contributed by atoms with Gasteiger partial charge in [-0.25, -0.2) is 4.39 Å². The van der Waals surface area contributed by atoms with Crippen molar-refractivity contribution in [1.82, 2.24) is 0 Å². The third kappa shape index (κ3) is 7.75. The molecule has 0 bridgehead atoms. The summed E-state index contributed by atoms with van der Waals surface area (Å²) in [6, 6.07) is 8.94. The minimum atomic E-state index is 0.707. The van der Waals surface area contributed by atoms with Gasteiger partial charge >= 0.3 is 0 Å². The van der Waals surface area contributed by atoms with E-state index in [1.807, 2.05) is 0 Å². The van der Waals surface area contributed by atoms with Crippen LogP contribution in [0.4, 0.5) is 4.39 Å². The zero-order valence-corrected chi connectivity index (χ0v) is 19.2. The first-order valence-electron chi connectivity index (χ1n) is 12.8. The summed E-state index contributed by atoms with van der Waals surface area (Å²) in [5.41, 5.74) is 1.51. The normalized spacial score (nSPS) is 27.4. The Morgan fingerprint density at radius 3 is 1.97 bits per heavy atom. The van der Waals surface area contributed by atoms with Gasteiger partial charge in [-0.15, -0.1) is 0 Å². The van der Waals surface area contributed by atoms with Gasteiger partial charge in [0.25, 0.3) is 0 Å². The summed E-state index contributed by atoms with van der Waals surface area (Å²) in [5.74, 6) is 4.52. The van der Waals surface area contributed by atoms with Crippen molar-refractivity contribution in [2.24, 2.45) is 17.8 Å². The van der Waals surface area contributed by atoms with Gasteiger partial charge in [0.15, 0.2) is 0 Å². The number of benzene rings is 1. The molecule has 2 heteroatoms. The second kappa shape index (κ2) is 13.2. The van der Waals surface area contributed by atoms with E-state index in [0.717, 1.165) is 48.9 Å². The van der Waals surface area contributed by atoms with Crippen LogP contribution in [0.1, 0.15) is 108 Å². The molecule has 0 heterocycles. The van der Waals surface area contributed by atoms with Gasteiger partial charge in [-0.3, -0.25) is 0 Å². The maximum atomic E-state index is 12.1. The van der Waals surface area contributed by atoms with Crippen LogP contribution in [0.2, 0.25) is 0 Å². The smallest absolute Gasteiger partial charge is 0.119 e. The second-order valence-corrected chi connectivity index (χ2v) is 9.89. The molecule has 2 fully saturated rings. The molecule has 0 unspecified atom stereocenters. The lowest BCUT2D eigenvalue weighted by Crippen LogP contribution is -2.17. The fourth-order valence-electron chi connectivity index (χ4n) is 5.63. The van der Waals surface area contributed by atoms with E-state index >= 15 is 0 Å². The first-order valence-corrected chi connectivity index (χ1v) is 12.8. The monoisotopic (exact) mass is 414 g/mol. The number of unbranched alkanes of at least 4 members (excludes halogenated alkanes) is 1. The largest absolute Gasteiger partial charge is 0.494 e. The van der Waals surface area contributed by atoms with Gasteiger partial charge in [0.2, 0.25) is 0 Å². The average Bonchev–Trinajstić information content (AvgIpc) is 2.80. The molecule has 0 radical (unpaired) electrons. The molecule has 0 N–H and O–H groups in total. The van der Waals surface area contributed by atoms with E-state index in [2.05, 4.69) is 31.2 Å². The van der Waals surface area contributed by atoms with Crippen molar-refractivity contribution in [3.8, 4) is 5.75 Å². The molecule has 1 aromatic rings. The fourth-order valence-corrected chi connectivity index (χ4v) is 5.63. The molecule has 0 amide bonds. The number of halogens is 1. The molecule has 1 aromatic carbocycles. The highest BCUT2D eigenvalue weighted by atomic mass is 19.1. The van der Waals surface area contributed by atoms with Crippen LogP contribution < -0.4 is 4.74 Å². The standard InChI is InChI=1S/C28H43FO/c1-2-3-22-30-28-19-17-27(18-20-28)26-15-13-25(14-16-26)12-11-24-9-7-23(8-10-24)6-4-5-21-29/h5,17-21,23-26H,2-4,6-16,22H2,1H3/b21-5+. The van der Waals surface area contributed by atoms with Crippen molar-refractivity contribution < 1.29 is 9.13 Å². The fraction of sp³-hybridized carbons (Fsp3) is 0.714. The molecule has 168 valence electrons. The number of hydrogen-bond acceptors (Lipinski definition) is 1. The molecule has 2 aliphatic rings. The van der Waals surface area contributed by atoms with Gasteiger partial charge in [-0.05, 0) is 86.3 Å². The lowest BCUT2D eigenvalue weighted by molar-refractivity contribution is 0.225. The summed E-state index contributed by atoms with van der Waals surface area (Å²) in [5, 5.41) is 0. The van der Waals surface area contributed by atoms with Crippen molar-refractivity contribution in [2.45, 2.75) is 103 Å². The summed E-state index contributed by atoms with van der Waals surface area (Å²) in [7, 11) is 0. The molecule has 0 saturated heterocycles. The summed E-state index contributed by atoms with van der Waals surface area (Å²) < 4.78 is 17.9. The molecule has 1 nitrogen and oxygen atoms in total. The summed E-state index contributed by atoms with van der Waals surface area (Å²) in [4.78, 5) is 0. The molecule has 3 rings (SSSR count). The van der Waals surface area contributed by atoms with Gasteiger partial charge in [0.05, 0.1) is 12.9 Å². The van der Waals surface area contributed by atoms with Crippen LogP contribution in [0.25, 0.3) is 0 Å². The van der Waals surface area contributed by atoms with Crippen molar-refractivity contribution in [2.75, 3.05) is 6.61 Å². The lowest BCUT2D eigenvalue weighted by atomic mass is 9.74. The highest BCUT2D eigenvalue weighted by molar-refractivity contribution is 5.29. The quantitative estimate of drug-likeness (QED) is 0.328. The molecular formula is C28H43FO. The van der Waals surface area contributed by atoms with Crippen LogP contribution >= 0.6 is 0 Å². The summed E-state index contributed by atoms with van der Waals surface area (Å²) in [6.07, 6.45) is 20.8. The Morgan fingerprint density at radius 2 is 1.40 bits per heavy atom. The SMILES string of the molecule is CCCCOc1ccc(C2CCC(CCC3CCC(CC/C=C/F)CC3)CC2)cc1. The van der Waals surface area contributed by atoms with E-state index in [1.54, 1.807) is 6.08 Å². The molecule has 0 aliphatic heterocycles. The van der Waals surface area contributed by atoms with Gasteiger partial charge in [-0.2, -0.15) is 0 Å². The molecule has 0 atom stereocenters. The Labute approximate surface area is 184 Å². The highest BCUT2D eigenvalue weighted by Gasteiger charge is 2.25. The van der Waals surface area contributed by atoms with Crippen molar-refractivity contribution >= 4 is 0 Å². The molecule has 30 heavy (non-hydrogen) atoms. The van der Waals surface area contributed by atoms with Crippen LogP contribution in [-0.4, -0.2) is 6.61 Å². The zero-order valence-electron chi connectivity index (χ0n) is 19.2. The van der Waals surface area contributed by atoms with Crippen LogP contribution in [0.5, 0.6) is 5.75 Å². The van der Waals surface area contributed by atoms with Crippen molar-refractivity contribution in [3.63, 3.8) is 0 Å². The summed E-state index contributed by atoms with van der Waals surface area (Å²) in [6.45, 7) is 3.03. The molecule has 2 saturated carbocycles. The Kier molecular flexibility index (Phi) is 10.3. The molecule has 0 aromatic heterocycles. The van der Waals surface area contributed by atoms with E-state index in [1.165, 1.54) is 82.6 Å². The predicted octanol–water partition coefficient (Wildman–Crippen LogP) is 8.99. The van der Waals surface area contributed by atoms with E-state index in [9.17, 15) is 4.39 Å². The second-order valence-electron chi connectivity index (χ2n) is 9.89. The zero-order chi connectivity index (χ0) is 21.0. The third-order valence-electron chi connectivity index (χ3n) is 7.75. The average molecular weight is 415 g/mol. The van der Waals surface area contributed by atoms with E-state index in [0.29, 0.717) is 6.33 Å². The number of allylic oxidation sites excluding steroid dienone is 1. The Morgan fingerprint density at radius 1 is 0.833 bits per heavy atom. The van der Waals surface area contributed by atoms with E-state index in [4.69, 9.17) is 4.74 Å². The van der Waals surface area contributed by atoms with Crippen LogP contribution in [0.3, 0.4) is 0 Å². The minimum absolute atomic E-state index is 0.707.